The number of hydrogen-bond donors (Lipinski definition) is 3. The van der Waals surface area contributed by atoms with E-state index in [4.69, 9.17) is 0 Å². The van der Waals surface area contributed by atoms with E-state index in [1.54, 1.807) is 23.6 Å². The molecule has 7 atom stereocenters. The maximum atomic E-state index is 13.7. The van der Waals surface area contributed by atoms with Gasteiger partial charge in [0, 0.05) is 22.3 Å². The van der Waals surface area contributed by atoms with Crippen LogP contribution in [0.4, 0.5) is 5.69 Å². The number of nitrogens with one attached hydrogen (secondary N) is 2. The zero-order valence-electron chi connectivity index (χ0n) is 18.3. The van der Waals surface area contributed by atoms with Gasteiger partial charge in [0.2, 0.25) is 17.7 Å². The van der Waals surface area contributed by atoms with Crippen LogP contribution in [0.3, 0.4) is 0 Å². The predicted molar refractivity (Wildman–Crippen MR) is 129 cm³/mol. The van der Waals surface area contributed by atoms with Crippen LogP contribution in [0.15, 0.2) is 30.3 Å². The molecule has 3 unspecified atom stereocenters. The minimum absolute atomic E-state index is 0.0263. The van der Waals surface area contributed by atoms with E-state index in [0.29, 0.717) is 18.7 Å². The molecule has 3 amide bonds. The molecule has 3 N–H and O–H groups in total. The van der Waals surface area contributed by atoms with Crippen LogP contribution in [-0.4, -0.2) is 67.8 Å². The topological polar surface area (TPSA) is 98.7 Å². The Labute approximate surface area is 201 Å². The molecule has 0 aliphatic carbocycles. The lowest BCUT2D eigenvalue weighted by molar-refractivity contribution is -0.141. The summed E-state index contributed by atoms with van der Waals surface area (Å²) in [6, 6.07) is 8.01. The van der Waals surface area contributed by atoms with Crippen LogP contribution in [0, 0.1) is 11.8 Å². The first-order chi connectivity index (χ1) is 15.4. The van der Waals surface area contributed by atoms with Crippen molar-refractivity contribution in [2.24, 2.45) is 11.8 Å². The number of aliphatic hydroxyl groups is 1. The SMILES string of the molecule is CCCCNC(=O)C1N([C@H](C)CO)C(=O)[C@@H]2[C@@H](C(=O)Nc3ccccc3)[C@@H]3SC12CC3Br. The molecule has 3 aliphatic heterocycles. The van der Waals surface area contributed by atoms with E-state index < -0.39 is 28.7 Å². The molecule has 3 saturated heterocycles. The molecular weight excluding hydrogens is 494 g/mol. The molecule has 0 radical (unpaired) electrons. The van der Waals surface area contributed by atoms with Crippen molar-refractivity contribution in [1.29, 1.82) is 0 Å². The lowest BCUT2D eigenvalue weighted by Crippen LogP contribution is -2.56. The van der Waals surface area contributed by atoms with E-state index in [-0.39, 0.29) is 34.4 Å². The van der Waals surface area contributed by atoms with Crippen molar-refractivity contribution >= 4 is 51.1 Å². The number of aliphatic hydroxyl groups excluding tert-OH is 1. The van der Waals surface area contributed by atoms with Gasteiger partial charge in [0.05, 0.1) is 29.2 Å². The number of benzene rings is 1. The van der Waals surface area contributed by atoms with Crippen LogP contribution in [0.5, 0.6) is 0 Å². The molecule has 4 rings (SSSR count). The highest BCUT2D eigenvalue weighted by molar-refractivity contribution is 9.09. The predicted octanol–water partition coefficient (Wildman–Crippen LogP) is 2.39. The molecule has 3 fully saturated rings. The fourth-order valence-electron chi connectivity index (χ4n) is 5.46. The van der Waals surface area contributed by atoms with Crippen molar-refractivity contribution in [3.63, 3.8) is 0 Å². The van der Waals surface area contributed by atoms with Crippen molar-refractivity contribution < 1.29 is 19.5 Å². The standard InChI is InChI=1S/C23H30BrN3O4S/c1-3-4-10-25-21(30)19-23-11-15(24)18(32-23)16(17(23)22(31)27(19)13(2)12-28)20(29)26-14-8-6-5-7-9-14/h5-9,13,15-19,28H,3-4,10-12H2,1-2H3,(H,25,30)(H,26,29)/t13-,15?,16-,17+,18-,19?,23?/m1/s1. The Bertz CT molecular complexity index is 887. The largest absolute Gasteiger partial charge is 0.394 e. The van der Waals surface area contributed by atoms with Crippen molar-refractivity contribution in [3.05, 3.63) is 30.3 Å². The van der Waals surface area contributed by atoms with Crippen molar-refractivity contribution in [3.8, 4) is 0 Å². The molecule has 32 heavy (non-hydrogen) atoms. The number of nitrogens with zero attached hydrogens (tertiary/aromatic N) is 1. The minimum Gasteiger partial charge on any atom is -0.394 e. The van der Waals surface area contributed by atoms with Gasteiger partial charge in [-0.1, -0.05) is 47.5 Å². The lowest BCUT2D eigenvalue weighted by Gasteiger charge is -2.36. The van der Waals surface area contributed by atoms with Gasteiger partial charge in [-0.25, -0.2) is 0 Å². The summed E-state index contributed by atoms with van der Waals surface area (Å²) in [5, 5.41) is 15.7. The minimum atomic E-state index is -0.705. The van der Waals surface area contributed by atoms with Gasteiger partial charge in [-0.15, -0.1) is 11.8 Å². The first-order valence-electron chi connectivity index (χ1n) is 11.2. The van der Waals surface area contributed by atoms with E-state index >= 15 is 0 Å². The first-order valence-corrected chi connectivity index (χ1v) is 13.0. The van der Waals surface area contributed by atoms with Gasteiger partial charge in [0.15, 0.2) is 0 Å². The second-order valence-corrected chi connectivity index (χ2v) is 11.7. The van der Waals surface area contributed by atoms with Crippen molar-refractivity contribution in [2.75, 3.05) is 18.5 Å². The lowest BCUT2D eigenvalue weighted by atomic mass is 9.70. The number of rotatable bonds is 8. The fraction of sp³-hybridized carbons (Fsp3) is 0.609. The van der Waals surface area contributed by atoms with Crippen LogP contribution < -0.4 is 10.6 Å². The molecule has 1 aromatic rings. The average Bonchev–Trinajstić information content (AvgIpc) is 3.37. The van der Waals surface area contributed by atoms with E-state index in [2.05, 4.69) is 33.5 Å². The van der Waals surface area contributed by atoms with E-state index in [9.17, 15) is 19.5 Å². The number of likely N-dealkylation sites (tertiary alicyclic amines) is 1. The van der Waals surface area contributed by atoms with Crippen LogP contribution in [0.1, 0.15) is 33.1 Å². The number of fused-ring (bicyclic) bond motifs is 1. The van der Waals surface area contributed by atoms with Gasteiger partial charge >= 0.3 is 0 Å². The first kappa shape index (κ1) is 23.6. The molecule has 2 bridgehead atoms. The maximum absolute atomic E-state index is 13.7. The Balaban J connectivity index is 1.68. The van der Waals surface area contributed by atoms with Gasteiger partial charge < -0.3 is 20.6 Å². The van der Waals surface area contributed by atoms with E-state index in [0.717, 1.165) is 12.8 Å². The molecular formula is C23H30BrN3O4S. The smallest absolute Gasteiger partial charge is 0.244 e. The van der Waals surface area contributed by atoms with Crippen LogP contribution in [0.25, 0.3) is 0 Å². The zero-order chi connectivity index (χ0) is 23.0. The second-order valence-electron chi connectivity index (χ2n) is 8.94. The third kappa shape index (κ3) is 3.76. The highest BCUT2D eigenvalue weighted by Gasteiger charge is 2.75. The van der Waals surface area contributed by atoms with Crippen molar-refractivity contribution in [2.45, 2.75) is 60.0 Å². The monoisotopic (exact) mass is 523 g/mol. The second kappa shape index (κ2) is 9.35. The number of unbranched alkanes of at least 4 members (excludes halogenated alkanes) is 1. The quantitative estimate of drug-likeness (QED) is 0.359. The number of hydrogen-bond acceptors (Lipinski definition) is 5. The van der Waals surface area contributed by atoms with Gasteiger partial charge in [-0.2, -0.15) is 0 Å². The van der Waals surface area contributed by atoms with Crippen LogP contribution in [-0.2, 0) is 14.4 Å². The summed E-state index contributed by atoms with van der Waals surface area (Å²) in [4.78, 5) is 42.1. The van der Waals surface area contributed by atoms with Gasteiger partial charge in [-0.05, 0) is 31.9 Å². The molecule has 3 heterocycles. The normalized spacial score (nSPS) is 33.8. The number of anilines is 1. The third-order valence-corrected chi connectivity index (χ3v) is 10.1. The molecule has 174 valence electrons. The van der Waals surface area contributed by atoms with E-state index in [1.165, 1.54) is 0 Å². The Morgan fingerprint density at radius 2 is 2.03 bits per heavy atom. The molecule has 0 saturated carbocycles. The van der Waals surface area contributed by atoms with Gasteiger partial charge in [0.25, 0.3) is 0 Å². The number of para-hydroxylation sites is 1. The summed E-state index contributed by atoms with van der Waals surface area (Å²) in [5.74, 6) is -1.73. The Kier molecular flexibility index (Phi) is 6.89. The Hall–Kier alpha value is -1.58. The molecule has 1 aromatic carbocycles. The number of amides is 3. The number of halogens is 1. The summed E-state index contributed by atoms with van der Waals surface area (Å²) in [7, 11) is 0. The highest BCUT2D eigenvalue weighted by atomic mass is 79.9. The summed E-state index contributed by atoms with van der Waals surface area (Å²) in [6.45, 7) is 4.12. The summed E-state index contributed by atoms with van der Waals surface area (Å²) >= 11 is 5.35. The zero-order valence-corrected chi connectivity index (χ0v) is 20.7. The fourth-order valence-corrected chi connectivity index (χ4v) is 9.06. The van der Waals surface area contributed by atoms with Gasteiger partial charge in [0.1, 0.15) is 6.04 Å². The van der Waals surface area contributed by atoms with E-state index in [1.807, 2.05) is 30.3 Å². The van der Waals surface area contributed by atoms with Crippen LogP contribution >= 0.6 is 27.7 Å². The number of carbonyl (C=O) groups is 3. The highest BCUT2D eigenvalue weighted by Crippen LogP contribution is 2.68. The molecule has 7 nitrogen and oxygen atoms in total. The Morgan fingerprint density at radius 1 is 1.31 bits per heavy atom. The third-order valence-electron chi connectivity index (χ3n) is 6.89. The Morgan fingerprint density at radius 3 is 2.69 bits per heavy atom. The van der Waals surface area contributed by atoms with Crippen LogP contribution in [0.2, 0.25) is 0 Å². The summed E-state index contributed by atoms with van der Waals surface area (Å²) < 4.78 is -0.686. The number of carbonyl (C=O) groups excluding carboxylic acids is 3. The average molecular weight is 524 g/mol. The summed E-state index contributed by atoms with van der Waals surface area (Å²) in [6.07, 6.45) is 2.45. The molecule has 0 aromatic heterocycles. The molecule has 1 spiro atoms. The van der Waals surface area contributed by atoms with Crippen molar-refractivity contribution in [1.82, 2.24) is 10.2 Å². The maximum Gasteiger partial charge on any atom is 0.244 e. The summed E-state index contributed by atoms with van der Waals surface area (Å²) in [5.41, 5.74) is 0.685. The molecule has 3 aliphatic rings. The number of thioether (sulfide) groups is 1. The molecule has 9 heteroatoms. The van der Waals surface area contributed by atoms with Gasteiger partial charge in [-0.3, -0.25) is 14.4 Å². The number of alkyl halides is 1.